The van der Waals surface area contributed by atoms with Crippen molar-refractivity contribution in [3.8, 4) is 6.07 Å². The van der Waals surface area contributed by atoms with E-state index < -0.39 is 0 Å². The number of nitrogens with one attached hydrogen (secondary N) is 1. The number of nitrogens with zero attached hydrogens (tertiary/aromatic N) is 1. The standard InChI is InChI=1S/C11H10BrClN2O/c1-7(5-14)6-15-11(16)9-4-8(12)2-3-10(9)13/h2-4,7H,6H2,1H3,(H,15,16). The fourth-order valence-electron chi connectivity index (χ4n) is 1.06. The number of amides is 1. The number of benzene rings is 1. The number of carbonyl (C=O) groups excluding carboxylic acids is 1. The van der Waals surface area contributed by atoms with E-state index in [-0.39, 0.29) is 11.8 Å². The first-order chi connectivity index (χ1) is 7.54. The van der Waals surface area contributed by atoms with Gasteiger partial charge in [0.25, 0.3) is 5.91 Å². The molecule has 1 N–H and O–H groups in total. The molecule has 0 aliphatic heterocycles. The summed E-state index contributed by atoms with van der Waals surface area (Å²) >= 11 is 9.16. The Morgan fingerprint density at radius 3 is 3.00 bits per heavy atom. The molecule has 1 amide bonds. The van der Waals surface area contributed by atoms with Gasteiger partial charge in [0.15, 0.2) is 0 Å². The second-order valence-electron chi connectivity index (χ2n) is 3.36. The van der Waals surface area contributed by atoms with E-state index in [1.165, 1.54) is 0 Å². The van der Waals surface area contributed by atoms with Crippen LogP contribution in [0, 0.1) is 17.2 Å². The predicted octanol–water partition coefficient (Wildman–Crippen LogP) is 2.99. The molecule has 0 heterocycles. The van der Waals surface area contributed by atoms with Crippen molar-refractivity contribution in [3.05, 3.63) is 33.3 Å². The highest BCUT2D eigenvalue weighted by Gasteiger charge is 2.11. The number of carbonyl (C=O) groups is 1. The molecule has 1 rings (SSSR count). The lowest BCUT2D eigenvalue weighted by Crippen LogP contribution is -2.28. The van der Waals surface area contributed by atoms with Gasteiger partial charge in [-0.2, -0.15) is 5.26 Å². The van der Waals surface area contributed by atoms with Gasteiger partial charge in [0.1, 0.15) is 0 Å². The average molecular weight is 302 g/mol. The molecule has 1 aromatic carbocycles. The highest BCUT2D eigenvalue weighted by molar-refractivity contribution is 9.10. The molecule has 0 saturated carbocycles. The van der Waals surface area contributed by atoms with Gasteiger partial charge < -0.3 is 5.32 Å². The summed E-state index contributed by atoms with van der Waals surface area (Å²) in [6, 6.07) is 7.10. The molecule has 1 atom stereocenters. The molecule has 0 radical (unpaired) electrons. The van der Waals surface area contributed by atoms with Crippen molar-refractivity contribution in [1.29, 1.82) is 5.26 Å². The third-order valence-electron chi connectivity index (χ3n) is 1.96. The fourth-order valence-corrected chi connectivity index (χ4v) is 1.62. The van der Waals surface area contributed by atoms with Gasteiger partial charge in [-0.25, -0.2) is 0 Å². The van der Waals surface area contributed by atoms with Crippen molar-refractivity contribution >= 4 is 33.4 Å². The summed E-state index contributed by atoms with van der Waals surface area (Å²) in [7, 11) is 0. The van der Waals surface area contributed by atoms with Crippen LogP contribution in [0.25, 0.3) is 0 Å². The Hall–Kier alpha value is -1.05. The normalized spacial score (nSPS) is 11.6. The average Bonchev–Trinajstić information content (AvgIpc) is 2.28. The van der Waals surface area contributed by atoms with Crippen LogP contribution >= 0.6 is 27.5 Å². The maximum Gasteiger partial charge on any atom is 0.252 e. The van der Waals surface area contributed by atoms with E-state index in [2.05, 4.69) is 21.2 Å². The van der Waals surface area contributed by atoms with Gasteiger partial charge in [-0.3, -0.25) is 4.79 Å². The Morgan fingerprint density at radius 2 is 2.38 bits per heavy atom. The van der Waals surface area contributed by atoms with Crippen LogP contribution in [0.3, 0.4) is 0 Å². The largest absolute Gasteiger partial charge is 0.351 e. The first kappa shape index (κ1) is 13.0. The van der Waals surface area contributed by atoms with Gasteiger partial charge in [-0.05, 0) is 25.1 Å². The lowest BCUT2D eigenvalue weighted by molar-refractivity contribution is 0.0951. The number of hydrogen-bond acceptors (Lipinski definition) is 2. The van der Waals surface area contributed by atoms with Crippen LogP contribution in [-0.2, 0) is 0 Å². The minimum Gasteiger partial charge on any atom is -0.351 e. The summed E-state index contributed by atoms with van der Waals surface area (Å²) < 4.78 is 0.787. The first-order valence-corrected chi connectivity index (χ1v) is 5.84. The second-order valence-corrected chi connectivity index (χ2v) is 4.69. The molecule has 0 bridgehead atoms. The van der Waals surface area contributed by atoms with E-state index in [9.17, 15) is 4.79 Å². The summed E-state index contributed by atoms with van der Waals surface area (Å²) in [6.45, 7) is 2.06. The van der Waals surface area contributed by atoms with E-state index in [1.807, 2.05) is 6.07 Å². The lowest BCUT2D eigenvalue weighted by atomic mass is 10.2. The Balaban J connectivity index is 2.74. The highest BCUT2D eigenvalue weighted by atomic mass is 79.9. The number of halogens is 2. The van der Waals surface area contributed by atoms with Crippen LogP contribution in [0.15, 0.2) is 22.7 Å². The van der Waals surface area contributed by atoms with E-state index in [1.54, 1.807) is 25.1 Å². The zero-order valence-corrected chi connectivity index (χ0v) is 11.0. The van der Waals surface area contributed by atoms with Crippen LogP contribution in [0.1, 0.15) is 17.3 Å². The minimum absolute atomic E-state index is 0.213. The van der Waals surface area contributed by atoms with Gasteiger partial charge in [0, 0.05) is 11.0 Å². The smallest absolute Gasteiger partial charge is 0.252 e. The predicted molar refractivity (Wildman–Crippen MR) is 66.3 cm³/mol. The van der Waals surface area contributed by atoms with Gasteiger partial charge in [0.05, 0.1) is 22.6 Å². The molecule has 0 aliphatic rings. The molecule has 0 saturated heterocycles. The molecule has 84 valence electrons. The molecule has 0 aromatic heterocycles. The lowest BCUT2D eigenvalue weighted by Gasteiger charge is -2.07. The monoisotopic (exact) mass is 300 g/mol. The Morgan fingerprint density at radius 1 is 1.69 bits per heavy atom. The summed E-state index contributed by atoms with van der Waals surface area (Å²) in [4.78, 5) is 11.7. The molecule has 0 aliphatic carbocycles. The highest BCUT2D eigenvalue weighted by Crippen LogP contribution is 2.20. The second kappa shape index (κ2) is 5.88. The Kier molecular flexibility index (Phi) is 4.78. The van der Waals surface area contributed by atoms with Crippen molar-refractivity contribution < 1.29 is 4.79 Å². The topological polar surface area (TPSA) is 52.9 Å². The van der Waals surface area contributed by atoms with E-state index in [4.69, 9.17) is 16.9 Å². The Labute approximate surface area is 108 Å². The van der Waals surface area contributed by atoms with Crippen LogP contribution in [-0.4, -0.2) is 12.5 Å². The quantitative estimate of drug-likeness (QED) is 0.933. The molecule has 1 aromatic rings. The van der Waals surface area contributed by atoms with E-state index >= 15 is 0 Å². The van der Waals surface area contributed by atoms with Crippen molar-refractivity contribution in [2.45, 2.75) is 6.92 Å². The minimum atomic E-state index is -0.270. The van der Waals surface area contributed by atoms with Crippen molar-refractivity contribution in [2.24, 2.45) is 5.92 Å². The van der Waals surface area contributed by atoms with Crippen LogP contribution in [0.5, 0.6) is 0 Å². The molecule has 5 heteroatoms. The third kappa shape index (κ3) is 3.51. The molecule has 1 unspecified atom stereocenters. The third-order valence-corrected chi connectivity index (χ3v) is 2.79. The zero-order chi connectivity index (χ0) is 12.1. The number of hydrogen-bond donors (Lipinski definition) is 1. The maximum absolute atomic E-state index is 11.7. The fraction of sp³-hybridized carbons (Fsp3) is 0.273. The van der Waals surface area contributed by atoms with Crippen LogP contribution in [0.4, 0.5) is 0 Å². The number of nitriles is 1. The van der Waals surface area contributed by atoms with Crippen LogP contribution in [0.2, 0.25) is 5.02 Å². The molecule has 16 heavy (non-hydrogen) atoms. The molecular weight excluding hydrogens is 291 g/mol. The summed E-state index contributed by atoms with van der Waals surface area (Å²) in [5, 5.41) is 11.6. The molecular formula is C11H10BrClN2O. The molecule has 0 fully saturated rings. The van der Waals surface area contributed by atoms with Gasteiger partial charge in [0.2, 0.25) is 0 Å². The van der Waals surface area contributed by atoms with Gasteiger partial charge in [-0.15, -0.1) is 0 Å². The van der Waals surface area contributed by atoms with E-state index in [0.717, 1.165) is 4.47 Å². The van der Waals surface area contributed by atoms with E-state index in [0.29, 0.717) is 17.1 Å². The maximum atomic E-state index is 11.7. The molecule has 3 nitrogen and oxygen atoms in total. The Bertz CT molecular complexity index is 442. The van der Waals surface area contributed by atoms with Crippen LogP contribution < -0.4 is 5.32 Å². The summed E-state index contributed by atoms with van der Waals surface area (Å²) in [5.74, 6) is -0.483. The van der Waals surface area contributed by atoms with Gasteiger partial charge >= 0.3 is 0 Å². The molecule has 0 spiro atoms. The number of rotatable bonds is 3. The van der Waals surface area contributed by atoms with Crippen molar-refractivity contribution in [2.75, 3.05) is 6.54 Å². The first-order valence-electron chi connectivity index (χ1n) is 4.67. The zero-order valence-electron chi connectivity index (χ0n) is 8.63. The van der Waals surface area contributed by atoms with Crippen molar-refractivity contribution in [3.63, 3.8) is 0 Å². The van der Waals surface area contributed by atoms with Gasteiger partial charge in [-0.1, -0.05) is 27.5 Å². The summed E-state index contributed by atoms with van der Waals surface area (Å²) in [6.07, 6.45) is 0. The summed E-state index contributed by atoms with van der Waals surface area (Å²) in [5.41, 5.74) is 0.404. The van der Waals surface area contributed by atoms with Crippen molar-refractivity contribution in [1.82, 2.24) is 5.32 Å². The SMILES string of the molecule is CC(C#N)CNC(=O)c1cc(Br)ccc1Cl.